The summed E-state index contributed by atoms with van der Waals surface area (Å²) >= 11 is 1.51. The summed E-state index contributed by atoms with van der Waals surface area (Å²) in [4.78, 5) is 1.08. The molecule has 0 spiro atoms. The molecule has 0 aliphatic heterocycles. The van der Waals surface area contributed by atoms with E-state index in [4.69, 9.17) is 4.42 Å². The second-order valence-electron chi connectivity index (χ2n) is 4.75. The Morgan fingerprint density at radius 2 is 1.74 bits per heavy atom. The third kappa shape index (κ3) is 3.91. The van der Waals surface area contributed by atoms with Crippen molar-refractivity contribution in [3.63, 3.8) is 0 Å². The molecule has 0 bridgehead atoms. The van der Waals surface area contributed by atoms with E-state index in [1.54, 1.807) is 18.2 Å². The molecular formula is C19H12FNOS. The third-order valence-corrected chi connectivity index (χ3v) is 4.05. The van der Waals surface area contributed by atoms with Gasteiger partial charge in [-0.1, -0.05) is 42.1 Å². The summed E-state index contributed by atoms with van der Waals surface area (Å²) in [6, 6.07) is 21.5. The summed E-state index contributed by atoms with van der Waals surface area (Å²) in [6.07, 6.45) is 1.66. The van der Waals surface area contributed by atoms with Crippen LogP contribution in [0, 0.1) is 17.1 Å². The van der Waals surface area contributed by atoms with Crippen molar-refractivity contribution < 1.29 is 8.81 Å². The largest absolute Gasteiger partial charge is 0.450 e. The van der Waals surface area contributed by atoms with E-state index in [1.807, 2.05) is 42.5 Å². The highest BCUT2D eigenvalue weighted by Gasteiger charge is 2.06. The summed E-state index contributed by atoms with van der Waals surface area (Å²) in [6.45, 7) is 0. The van der Waals surface area contributed by atoms with E-state index in [-0.39, 0.29) is 5.82 Å². The zero-order chi connectivity index (χ0) is 16.1. The Bertz CT molecular complexity index is 860. The first-order valence-electron chi connectivity index (χ1n) is 6.95. The van der Waals surface area contributed by atoms with E-state index in [9.17, 15) is 9.65 Å². The average Bonchev–Trinajstić information content (AvgIpc) is 3.01. The quantitative estimate of drug-likeness (QED) is 0.584. The lowest BCUT2D eigenvalue weighted by molar-refractivity contribution is 0.466. The highest BCUT2D eigenvalue weighted by molar-refractivity contribution is 7.99. The van der Waals surface area contributed by atoms with Crippen LogP contribution in [0.15, 0.2) is 81.1 Å². The van der Waals surface area contributed by atoms with Crippen molar-refractivity contribution >= 4 is 23.4 Å². The third-order valence-electron chi connectivity index (χ3n) is 3.13. The number of hydrogen-bond donors (Lipinski definition) is 0. The molecule has 1 heterocycles. The van der Waals surface area contributed by atoms with Crippen LogP contribution in [0.25, 0.3) is 11.6 Å². The van der Waals surface area contributed by atoms with Gasteiger partial charge in [-0.25, -0.2) is 4.39 Å². The molecule has 23 heavy (non-hydrogen) atoms. The van der Waals surface area contributed by atoms with Gasteiger partial charge in [-0.05, 0) is 48.0 Å². The smallest absolute Gasteiger partial charge is 0.165 e. The molecule has 1 aromatic heterocycles. The van der Waals surface area contributed by atoms with Crippen LogP contribution < -0.4 is 0 Å². The first-order valence-corrected chi connectivity index (χ1v) is 7.77. The maximum atomic E-state index is 13.0. The maximum Gasteiger partial charge on any atom is 0.165 e. The fourth-order valence-electron chi connectivity index (χ4n) is 2.02. The lowest BCUT2D eigenvalue weighted by atomic mass is 10.1. The SMILES string of the molecule is N#C/C(=C/c1ccc(Sc2ccccc2)o1)c1ccc(F)cc1. The van der Waals surface area contributed by atoms with Gasteiger partial charge in [0.05, 0.1) is 11.6 Å². The molecule has 4 heteroatoms. The Hall–Kier alpha value is -2.77. The Balaban J connectivity index is 1.81. The number of halogens is 1. The van der Waals surface area contributed by atoms with Gasteiger partial charge in [0.1, 0.15) is 11.6 Å². The molecule has 0 N–H and O–H groups in total. The summed E-state index contributed by atoms with van der Waals surface area (Å²) in [5, 5.41) is 10.0. The minimum Gasteiger partial charge on any atom is -0.450 e. The number of nitrogens with zero attached hydrogens (tertiary/aromatic N) is 1. The minimum absolute atomic E-state index is 0.328. The molecule has 2 aromatic carbocycles. The molecule has 0 atom stereocenters. The maximum absolute atomic E-state index is 13.0. The molecule has 3 rings (SSSR count). The highest BCUT2D eigenvalue weighted by atomic mass is 32.2. The number of furan rings is 1. The highest BCUT2D eigenvalue weighted by Crippen LogP contribution is 2.30. The van der Waals surface area contributed by atoms with Crippen LogP contribution in [0.1, 0.15) is 11.3 Å². The van der Waals surface area contributed by atoms with Crippen molar-refractivity contribution in [3.8, 4) is 6.07 Å². The van der Waals surface area contributed by atoms with Crippen molar-refractivity contribution in [1.82, 2.24) is 0 Å². The van der Waals surface area contributed by atoms with Gasteiger partial charge in [0.15, 0.2) is 5.09 Å². The molecule has 0 fully saturated rings. The van der Waals surface area contributed by atoms with Crippen LogP contribution in [0.3, 0.4) is 0 Å². The number of nitriles is 1. The number of benzene rings is 2. The zero-order valence-electron chi connectivity index (χ0n) is 12.1. The Labute approximate surface area is 137 Å². The van der Waals surface area contributed by atoms with E-state index >= 15 is 0 Å². The van der Waals surface area contributed by atoms with E-state index in [2.05, 4.69) is 6.07 Å². The predicted molar refractivity (Wildman–Crippen MR) is 89.2 cm³/mol. The van der Waals surface area contributed by atoms with Crippen LogP contribution >= 0.6 is 11.8 Å². The van der Waals surface area contributed by atoms with Crippen LogP contribution in [-0.4, -0.2) is 0 Å². The predicted octanol–water partition coefficient (Wildman–Crippen LogP) is 5.63. The first-order chi connectivity index (χ1) is 11.2. The molecule has 0 aliphatic rings. The standard InChI is InChI=1S/C19H12FNOS/c20-16-8-6-14(7-9-16)15(13-21)12-17-10-11-19(22-17)23-18-4-2-1-3-5-18/h1-12H/b15-12-. The van der Waals surface area contributed by atoms with Gasteiger partial charge in [-0.3, -0.25) is 0 Å². The van der Waals surface area contributed by atoms with Crippen molar-refractivity contribution in [2.45, 2.75) is 9.99 Å². The number of allylic oxidation sites excluding steroid dienone is 1. The van der Waals surface area contributed by atoms with Crippen LogP contribution in [0.2, 0.25) is 0 Å². The Morgan fingerprint density at radius 3 is 2.43 bits per heavy atom. The van der Waals surface area contributed by atoms with Crippen molar-refractivity contribution in [1.29, 1.82) is 5.26 Å². The first kappa shape index (κ1) is 15.1. The number of hydrogen-bond acceptors (Lipinski definition) is 3. The molecule has 2 nitrogen and oxygen atoms in total. The van der Waals surface area contributed by atoms with Gasteiger partial charge in [0.2, 0.25) is 0 Å². The zero-order valence-corrected chi connectivity index (χ0v) is 12.9. The monoisotopic (exact) mass is 321 g/mol. The van der Waals surface area contributed by atoms with Gasteiger partial charge in [-0.15, -0.1) is 0 Å². The minimum atomic E-state index is -0.328. The summed E-state index contributed by atoms with van der Waals surface area (Å²) in [7, 11) is 0. The van der Waals surface area contributed by atoms with Gasteiger partial charge in [-0.2, -0.15) is 5.26 Å². The van der Waals surface area contributed by atoms with E-state index in [0.29, 0.717) is 16.9 Å². The van der Waals surface area contributed by atoms with E-state index in [1.165, 1.54) is 23.9 Å². The molecule has 0 saturated heterocycles. The molecule has 112 valence electrons. The average molecular weight is 321 g/mol. The van der Waals surface area contributed by atoms with E-state index < -0.39 is 0 Å². The second kappa shape index (κ2) is 6.99. The van der Waals surface area contributed by atoms with Gasteiger partial charge >= 0.3 is 0 Å². The van der Waals surface area contributed by atoms with Gasteiger partial charge < -0.3 is 4.42 Å². The molecule has 0 unspecified atom stereocenters. The fourth-order valence-corrected chi connectivity index (χ4v) is 2.82. The summed E-state index contributed by atoms with van der Waals surface area (Å²) in [5.74, 6) is 0.259. The Kier molecular flexibility index (Phi) is 4.60. The topological polar surface area (TPSA) is 36.9 Å². The second-order valence-corrected chi connectivity index (χ2v) is 5.83. The fraction of sp³-hybridized carbons (Fsp3) is 0. The molecule has 0 saturated carbocycles. The number of rotatable bonds is 4. The van der Waals surface area contributed by atoms with Crippen molar-refractivity contribution in [2.24, 2.45) is 0 Å². The molecule has 0 radical (unpaired) electrons. The van der Waals surface area contributed by atoms with Gasteiger partial charge in [0.25, 0.3) is 0 Å². The lowest BCUT2D eigenvalue weighted by Gasteiger charge is -1.98. The Morgan fingerprint density at radius 1 is 1.00 bits per heavy atom. The van der Waals surface area contributed by atoms with Crippen molar-refractivity contribution in [3.05, 3.63) is 83.9 Å². The van der Waals surface area contributed by atoms with Crippen LogP contribution in [0.4, 0.5) is 4.39 Å². The summed E-state index contributed by atoms with van der Waals surface area (Å²) < 4.78 is 18.7. The molecule has 0 aliphatic carbocycles. The normalized spacial score (nSPS) is 11.2. The van der Waals surface area contributed by atoms with Crippen LogP contribution in [-0.2, 0) is 0 Å². The molecule has 3 aromatic rings. The van der Waals surface area contributed by atoms with E-state index in [0.717, 1.165) is 9.99 Å². The van der Waals surface area contributed by atoms with Crippen molar-refractivity contribution in [2.75, 3.05) is 0 Å². The van der Waals surface area contributed by atoms with Crippen LogP contribution in [0.5, 0.6) is 0 Å². The van der Waals surface area contributed by atoms with Gasteiger partial charge in [0, 0.05) is 4.90 Å². The molecular weight excluding hydrogens is 309 g/mol. The summed E-state index contributed by atoms with van der Waals surface area (Å²) in [5.41, 5.74) is 1.08. The lowest BCUT2D eigenvalue weighted by Crippen LogP contribution is -1.82. The molecule has 0 amide bonds.